The van der Waals surface area contributed by atoms with E-state index in [0.29, 0.717) is 0 Å². The summed E-state index contributed by atoms with van der Waals surface area (Å²) >= 11 is 0. The quantitative estimate of drug-likeness (QED) is 0.261. The van der Waals surface area contributed by atoms with Gasteiger partial charge < -0.3 is 0 Å². The number of pyridine rings is 2. The van der Waals surface area contributed by atoms with Crippen LogP contribution in [-0.4, -0.2) is 9.97 Å². The van der Waals surface area contributed by atoms with E-state index in [2.05, 4.69) is 88.9 Å². The number of hydrogen-bond acceptors (Lipinski definition) is 2. The van der Waals surface area contributed by atoms with Gasteiger partial charge in [-0.1, -0.05) is 127 Å². The molecule has 0 aliphatic heterocycles. The third-order valence-electron chi connectivity index (χ3n) is 5.89. The average molecular weight is 463 g/mol. The molecule has 0 amide bonds. The van der Waals surface area contributed by atoms with Gasteiger partial charge in [-0.3, -0.25) is 9.97 Å². The minimum Gasteiger partial charge on any atom is -0.263 e. The molecule has 0 aliphatic rings. The van der Waals surface area contributed by atoms with E-state index in [1.165, 1.54) is 32.7 Å². The second kappa shape index (κ2) is 11.5. The Balaban J connectivity index is 0.000000148. The molecule has 6 aromatic rings. The van der Waals surface area contributed by atoms with Gasteiger partial charge in [0.2, 0.25) is 0 Å². The van der Waals surface area contributed by atoms with Gasteiger partial charge in [-0.15, -0.1) is 0 Å². The first-order chi connectivity index (χ1) is 17.9. The summed E-state index contributed by atoms with van der Waals surface area (Å²) in [5.74, 6) is 0. The molecule has 0 N–H and O–H groups in total. The summed E-state index contributed by atoms with van der Waals surface area (Å²) in [5, 5.41) is 4.82. The summed E-state index contributed by atoms with van der Waals surface area (Å²) in [6.07, 6.45) is 14.0. The molecule has 2 heteroatoms. The molecule has 0 unspecified atom stereocenters. The molecule has 0 saturated heterocycles. The fraction of sp³-hybridized carbons (Fsp3) is 0. The van der Waals surface area contributed by atoms with E-state index in [1.54, 1.807) is 0 Å². The Labute approximate surface area is 211 Å². The van der Waals surface area contributed by atoms with E-state index in [9.17, 15) is 0 Å². The highest BCUT2D eigenvalue weighted by Gasteiger charge is 1.98. The molecule has 0 bridgehead atoms. The highest BCUT2D eigenvalue weighted by atomic mass is 14.7. The van der Waals surface area contributed by atoms with Gasteiger partial charge in [0.25, 0.3) is 0 Å². The second-order valence-corrected chi connectivity index (χ2v) is 8.36. The maximum absolute atomic E-state index is 4.44. The van der Waals surface area contributed by atoms with Gasteiger partial charge >= 0.3 is 0 Å². The summed E-state index contributed by atoms with van der Waals surface area (Å²) in [5.41, 5.74) is 4.55. The molecule has 0 fully saturated rings. The normalized spacial score (nSPS) is 11.1. The molecule has 36 heavy (non-hydrogen) atoms. The summed E-state index contributed by atoms with van der Waals surface area (Å²) < 4.78 is 0. The first-order valence-corrected chi connectivity index (χ1v) is 12.0. The van der Waals surface area contributed by atoms with Crippen LogP contribution in [0.2, 0.25) is 0 Å². The number of aromatic nitrogens is 2. The van der Waals surface area contributed by atoms with Gasteiger partial charge in [0.1, 0.15) is 0 Å². The molecule has 2 heterocycles. The van der Waals surface area contributed by atoms with Gasteiger partial charge in [0, 0.05) is 34.9 Å². The van der Waals surface area contributed by atoms with E-state index < -0.39 is 0 Å². The molecule has 0 atom stereocenters. The highest BCUT2D eigenvalue weighted by Crippen LogP contribution is 2.20. The van der Waals surface area contributed by atoms with Gasteiger partial charge in [-0.05, 0) is 34.0 Å². The van der Waals surface area contributed by atoms with Crippen LogP contribution in [0.1, 0.15) is 22.4 Å². The van der Waals surface area contributed by atoms with Crippen molar-refractivity contribution in [2.24, 2.45) is 0 Å². The van der Waals surface area contributed by atoms with Crippen molar-refractivity contribution in [3.05, 3.63) is 156 Å². The topological polar surface area (TPSA) is 25.8 Å². The Morgan fingerprint density at radius 2 is 1.03 bits per heavy atom. The van der Waals surface area contributed by atoms with Crippen molar-refractivity contribution in [3.8, 4) is 0 Å². The zero-order valence-electron chi connectivity index (χ0n) is 19.9. The van der Waals surface area contributed by atoms with E-state index in [1.807, 2.05) is 79.3 Å². The molecule has 172 valence electrons. The van der Waals surface area contributed by atoms with Crippen LogP contribution in [0, 0.1) is 0 Å². The molecular weight excluding hydrogens is 436 g/mol. The molecule has 0 aliphatic carbocycles. The van der Waals surface area contributed by atoms with E-state index in [-0.39, 0.29) is 0 Å². The van der Waals surface area contributed by atoms with Crippen molar-refractivity contribution >= 4 is 45.8 Å². The average Bonchev–Trinajstić information content (AvgIpc) is 2.96. The monoisotopic (exact) mass is 462 g/mol. The zero-order valence-corrected chi connectivity index (χ0v) is 19.9. The lowest BCUT2D eigenvalue weighted by molar-refractivity contribution is 1.33. The lowest BCUT2D eigenvalue weighted by atomic mass is 10.1. The SMILES string of the molecule is C(=C\c1cncc2ccccc12)/c1ccccc1.C(=C\c1nccc2ccccc12)/c1ccccc1. The van der Waals surface area contributed by atoms with Crippen molar-refractivity contribution < 1.29 is 0 Å². The Hall–Kier alpha value is -4.82. The number of fused-ring (bicyclic) bond motifs is 2. The van der Waals surface area contributed by atoms with Crippen LogP contribution in [0.25, 0.3) is 45.8 Å². The third kappa shape index (κ3) is 5.81. The standard InChI is InChI=1S/2C17H13N/c1-2-6-14(7-3-1)10-11-16-13-18-12-15-8-4-5-9-17(15)16;1-2-6-14(7-3-1)10-11-17-16-9-5-4-8-15(16)12-13-18-17/h2*1-13H/b2*11-10+. The van der Waals surface area contributed by atoms with Crippen LogP contribution in [-0.2, 0) is 0 Å². The highest BCUT2D eigenvalue weighted by molar-refractivity contribution is 5.92. The number of benzene rings is 4. The first-order valence-electron chi connectivity index (χ1n) is 12.0. The molecule has 6 rings (SSSR count). The fourth-order valence-corrected chi connectivity index (χ4v) is 4.04. The summed E-state index contributed by atoms with van der Waals surface area (Å²) in [4.78, 5) is 8.71. The van der Waals surface area contributed by atoms with Crippen molar-refractivity contribution in [1.29, 1.82) is 0 Å². The zero-order chi connectivity index (χ0) is 24.4. The largest absolute Gasteiger partial charge is 0.263 e. The van der Waals surface area contributed by atoms with Crippen molar-refractivity contribution in [2.75, 3.05) is 0 Å². The Kier molecular flexibility index (Phi) is 7.36. The van der Waals surface area contributed by atoms with E-state index >= 15 is 0 Å². The summed E-state index contributed by atoms with van der Waals surface area (Å²) in [6, 6.07) is 39.2. The Morgan fingerprint density at radius 3 is 1.75 bits per heavy atom. The van der Waals surface area contributed by atoms with Crippen LogP contribution in [0.5, 0.6) is 0 Å². The Bertz CT molecular complexity index is 1480. The van der Waals surface area contributed by atoms with E-state index in [4.69, 9.17) is 0 Å². The molecule has 2 aromatic heterocycles. The molecule has 0 saturated carbocycles. The lowest BCUT2D eigenvalue weighted by Crippen LogP contribution is -1.82. The Morgan fingerprint density at radius 1 is 0.444 bits per heavy atom. The van der Waals surface area contributed by atoms with Gasteiger partial charge in [-0.25, -0.2) is 0 Å². The van der Waals surface area contributed by atoms with Crippen LogP contribution in [0.15, 0.2) is 134 Å². The minimum atomic E-state index is 1.01. The number of rotatable bonds is 4. The maximum Gasteiger partial charge on any atom is 0.0708 e. The van der Waals surface area contributed by atoms with Crippen LogP contribution < -0.4 is 0 Å². The van der Waals surface area contributed by atoms with Crippen LogP contribution in [0.4, 0.5) is 0 Å². The third-order valence-corrected chi connectivity index (χ3v) is 5.89. The van der Waals surface area contributed by atoms with Crippen molar-refractivity contribution in [2.45, 2.75) is 0 Å². The van der Waals surface area contributed by atoms with Gasteiger partial charge in [0.05, 0.1) is 5.69 Å². The molecule has 0 radical (unpaired) electrons. The number of hydrogen-bond donors (Lipinski definition) is 0. The van der Waals surface area contributed by atoms with Gasteiger partial charge in [-0.2, -0.15) is 0 Å². The lowest BCUT2D eigenvalue weighted by Gasteiger charge is -2.00. The van der Waals surface area contributed by atoms with Crippen molar-refractivity contribution in [3.63, 3.8) is 0 Å². The predicted molar refractivity (Wildman–Crippen MR) is 154 cm³/mol. The first kappa shape index (κ1) is 22.9. The van der Waals surface area contributed by atoms with Crippen LogP contribution in [0.3, 0.4) is 0 Å². The summed E-state index contributed by atoms with van der Waals surface area (Å²) in [7, 11) is 0. The smallest absolute Gasteiger partial charge is 0.0708 e. The van der Waals surface area contributed by atoms with E-state index in [0.717, 1.165) is 11.3 Å². The fourth-order valence-electron chi connectivity index (χ4n) is 4.04. The van der Waals surface area contributed by atoms with Gasteiger partial charge in [0.15, 0.2) is 0 Å². The second-order valence-electron chi connectivity index (χ2n) is 8.36. The molecule has 4 aromatic carbocycles. The van der Waals surface area contributed by atoms with Crippen LogP contribution >= 0.6 is 0 Å². The predicted octanol–water partition coefficient (Wildman–Crippen LogP) is 8.81. The molecule has 2 nitrogen and oxygen atoms in total. The molecule has 0 spiro atoms. The molecular formula is C34H26N2. The minimum absolute atomic E-state index is 1.01. The van der Waals surface area contributed by atoms with Crippen molar-refractivity contribution in [1.82, 2.24) is 9.97 Å². The summed E-state index contributed by atoms with van der Waals surface area (Å²) in [6.45, 7) is 0. The maximum atomic E-state index is 4.44. The number of nitrogens with zero attached hydrogens (tertiary/aromatic N) is 2.